The second-order valence-electron chi connectivity index (χ2n) is 10.3. The summed E-state index contributed by atoms with van der Waals surface area (Å²) in [5.41, 5.74) is 3.18. The van der Waals surface area contributed by atoms with Crippen LogP contribution < -0.4 is 4.74 Å². The van der Waals surface area contributed by atoms with Crippen molar-refractivity contribution in [2.75, 3.05) is 27.7 Å². The van der Waals surface area contributed by atoms with Gasteiger partial charge in [-0.2, -0.15) is 5.26 Å². The molecule has 0 saturated carbocycles. The summed E-state index contributed by atoms with van der Waals surface area (Å²) in [6, 6.07) is 30.4. The third kappa shape index (κ3) is 4.54. The van der Waals surface area contributed by atoms with Gasteiger partial charge in [0.05, 0.1) is 18.7 Å². The Morgan fingerprint density at radius 1 is 0.974 bits per heavy atom. The maximum Gasteiger partial charge on any atom is 0.123 e. The molecule has 1 aromatic heterocycles. The van der Waals surface area contributed by atoms with E-state index in [1.807, 2.05) is 75.9 Å². The first-order valence-electron chi connectivity index (χ1n) is 12.8. The van der Waals surface area contributed by atoms with Crippen LogP contribution in [0, 0.1) is 11.3 Å². The van der Waals surface area contributed by atoms with Crippen LogP contribution in [0.3, 0.4) is 0 Å². The third-order valence-electron chi connectivity index (χ3n) is 7.57. The highest BCUT2D eigenvalue weighted by Gasteiger charge is 2.43. The molecule has 0 unspecified atom stereocenters. The maximum absolute atomic E-state index is 13.1. The summed E-state index contributed by atoms with van der Waals surface area (Å²) in [5.74, 6) is 0.277. The zero-order chi connectivity index (χ0) is 26.9. The second-order valence-corrected chi connectivity index (χ2v) is 10.3. The van der Waals surface area contributed by atoms with E-state index in [1.54, 1.807) is 7.11 Å². The third-order valence-corrected chi connectivity index (χ3v) is 7.57. The zero-order valence-corrected chi connectivity index (χ0v) is 22.3. The number of hydrogen-bond acceptors (Lipinski definition) is 4. The summed E-state index contributed by atoms with van der Waals surface area (Å²) in [7, 11) is 7.76. The Kier molecular flexibility index (Phi) is 6.94. The van der Waals surface area contributed by atoms with E-state index in [2.05, 4.69) is 51.9 Å². The number of fused-ring (bicyclic) bond motifs is 2. The van der Waals surface area contributed by atoms with E-state index in [-0.39, 0.29) is 0 Å². The summed E-state index contributed by atoms with van der Waals surface area (Å²) in [6.45, 7) is 0.692. The van der Waals surface area contributed by atoms with Crippen LogP contribution >= 0.6 is 0 Å². The minimum Gasteiger partial charge on any atom is -0.496 e. The Morgan fingerprint density at radius 3 is 2.47 bits per heavy atom. The lowest BCUT2D eigenvalue weighted by atomic mass is 9.70. The lowest BCUT2D eigenvalue weighted by Crippen LogP contribution is -2.38. The topological polar surface area (TPSA) is 61.4 Å². The van der Waals surface area contributed by atoms with Crippen molar-refractivity contribution in [3.8, 4) is 11.8 Å². The number of hydrogen-bond donors (Lipinski definition) is 1. The van der Waals surface area contributed by atoms with Crippen molar-refractivity contribution in [1.29, 1.82) is 5.26 Å². The Bertz CT molecular complexity index is 1630. The highest BCUT2D eigenvalue weighted by molar-refractivity contribution is 5.88. The Labute approximate surface area is 224 Å². The van der Waals surface area contributed by atoms with Crippen LogP contribution in [0.15, 0.2) is 91.1 Å². The van der Waals surface area contributed by atoms with Crippen molar-refractivity contribution in [2.24, 2.45) is 7.05 Å². The van der Waals surface area contributed by atoms with Crippen LogP contribution in [0.25, 0.3) is 21.7 Å². The van der Waals surface area contributed by atoms with Gasteiger partial charge in [0.25, 0.3) is 0 Å². The van der Waals surface area contributed by atoms with Gasteiger partial charge in [0.1, 0.15) is 11.4 Å². The van der Waals surface area contributed by atoms with E-state index in [9.17, 15) is 10.4 Å². The Morgan fingerprint density at radius 2 is 1.76 bits per heavy atom. The minimum absolute atomic E-state index is 0.431. The first-order valence-corrected chi connectivity index (χ1v) is 12.8. The van der Waals surface area contributed by atoms with E-state index >= 15 is 0 Å². The Hall–Kier alpha value is -4.11. The summed E-state index contributed by atoms with van der Waals surface area (Å²) in [4.78, 5) is 2.11. The number of nitrogens with zero attached hydrogens (tertiary/aromatic N) is 3. The fraction of sp³-hybridized carbons (Fsp3) is 0.242. The van der Waals surface area contributed by atoms with Gasteiger partial charge in [-0.1, -0.05) is 48.5 Å². The molecular formula is C33H33N3O2. The van der Waals surface area contributed by atoms with Crippen molar-refractivity contribution in [3.63, 3.8) is 0 Å². The second kappa shape index (κ2) is 10.3. The number of benzene rings is 4. The molecule has 5 nitrogen and oxygen atoms in total. The molecule has 0 spiro atoms. The normalized spacial score (nSPS) is 13.9. The summed E-state index contributed by atoms with van der Waals surface area (Å²) in [6.07, 6.45) is 2.55. The SMILES string of the molecule is COc1cc2ccc(C#N)cc2cc1[C@@H](c1ccccc1)[C@@](O)(CCN(C)C)c1cccc2c1ccn2C. The van der Waals surface area contributed by atoms with Crippen molar-refractivity contribution < 1.29 is 9.84 Å². The first-order chi connectivity index (χ1) is 18.4. The average Bonchev–Trinajstić information content (AvgIpc) is 3.32. The smallest absolute Gasteiger partial charge is 0.123 e. The lowest BCUT2D eigenvalue weighted by Gasteiger charge is -2.39. The highest BCUT2D eigenvalue weighted by Crippen LogP contribution is 2.49. The molecule has 192 valence electrons. The molecule has 1 heterocycles. The molecule has 1 N–H and O–H groups in total. The van der Waals surface area contributed by atoms with Gasteiger partial charge >= 0.3 is 0 Å². The largest absolute Gasteiger partial charge is 0.496 e. The van der Waals surface area contributed by atoms with Crippen LogP contribution in [0.1, 0.15) is 34.6 Å². The highest BCUT2D eigenvalue weighted by atomic mass is 16.5. The number of ether oxygens (including phenoxy) is 1. The van der Waals surface area contributed by atoms with Crippen molar-refractivity contribution in [1.82, 2.24) is 9.47 Å². The van der Waals surface area contributed by atoms with Gasteiger partial charge < -0.3 is 19.3 Å². The van der Waals surface area contributed by atoms with Crippen molar-refractivity contribution in [2.45, 2.75) is 17.9 Å². The monoisotopic (exact) mass is 503 g/mol. The van der Waals surface area contributed by atoms with Crippen LogP contribution in [0.2, 0.25) is 0 Å². The van der Waals surface area contributed by atoms with E-state index in [0.717, 1.165) is 38.4 Å². The predicted octanol–water partition coefficient (Wildman–Crippen LogP) is 6.18. The van der Waals surface area contributed by atoms with Crippen LogP contribution in [-0.2, 0) is 12.6 Å². The molecule has 0 bridgehead atoms. The van der Waals surface area contributed by atoms with Gasteiger partial charge in [0, 0.05) is 42.2 Å². The number of rotatable bonds is 8. The zero-order valence-electron chi connectivity index (χ0n) is 22.3. The van der Waals surface area contributed by atoms with Crippen molar-refractivity contribution >= 4 is 21.7 Å². The molecule has 0 aliphatic carbocycles. The number of nitriles is 1. The van der Waals surface area contributed by atoms with Gasteiger partial charge in [-0.25, -0.2) is 0 Å². The minimum atomic E-state index is -1.26. The average molecular weight is 504 g/mol. The van der Waals surface area contributed by atoms with E-state index in [4.69, 9.17) is 4.74 Å². The number of aryl methyl sites for hydroxylation is 1. The van der Waals surface area contributed by atoms with Gasteiger partial charge in [0.15, 0.2) is 0 Å². The molecule has 2 atom stereocenters. The maximum atomic E-state index is 13.1. The predicted molar refractivity (Wildman–Crippen MR) is 153 cm³/mol. The molecule has 5 rings (SSSR count). The van der Waals surface area contributed by atoms with Gasteiger partial charge in [-0.05, 0) is 78.8 Å². The number of aliphatic hydroxyl groups is 1. The standard InChI is InChI=1S/C33H33N3O2/c1-35(2)18-16-33(37,29-11-8-12-30-27(29)15-17-36(30)3)32(24-9-6-5-7-10-24)28-20-26-19-23(22-34)13-14-25(26)21-31(28)38-4/h5-15,17,19-21,32,37H,16,18H2,1-4H3/t32-,33-/m1/s1. The number of methoxy groups -OCH3 is 1. The number of aromatic nitrogens is 1. The van der Waals surface area contributed by atoms with Crippen LogP contribution in [-0.4, -0.2) is 42.3 Å². The van der Waals surface area contributed by atoms with E-state index in [0.29, 0.717) is 24.3 Å². The first kappa shape index (κ1) is 25.5. The van der Waals surface area contributed by atoms with Crippen LogP contribution in [0.5, 0.6) is 5.75 Å². The molecule has 4 aromatic carbocycles. The molecule has 38 heavy (non-hydrogen) atoms. The van der Waals surface area contributed by atoms with Gasteiger partial charge in [-0.15, -0.1) is 0 Å². The van der Waals surface area contributed by atoms with E-state index < -0.39 is 11.5 Å². The Balaban J connectivity index is 1.84. The summed E-state index contributed by atoms with van der Waals surface area (Å²) >= 11 is 0. The molecule has 0 amide bonds. The quantitative estimate of drug-likeness (QED) is 0.275. The molecule has 0 saturated heterocycles. The molecule has 5 heteroatoms. The molecule has 0 aliphatic rings. The molecular weight excluding hydrogens is 470 g/mol. The van der Waals surface area contributed by atoms with Gasteiger partial charge in [0.2, 0.25) is 0 Å². The van der Waals surface area contributed by atoms with E-state index in [1.165, 1.54) is 0 Å². The van der Waals surface area contributed by atoms with Crippen LogP contribution in [0.4, 0.5) is 0 Å². The molecule has 0 aliphatic heterocycles. The lowest BCUT2D eigenvalue weighted by molar-refractivity contribution is 0.00534. The fourth-order valence-corrected chi connectivity index (χ4v) is 5.63. The molecule has 0 radical (unpaired) electrons. The van der Waals surface area contributed by atoms with Gasteiger partial charge in [-0.3, -0.25) is 0 Å². The summed E-state index contributed by atoms with van der Waals surface area (Å²) < 4.78 is 8.06. The van der Waals surface area contributed by atoms with Crippen molar-refractivity contribution in [3.05, 3.63) is 113 Å². The molecule has 0 fully saturated rings. The fourth-order valence-electron chi connectivity index (χ4n) is 5.63. The molecule has 5 aromatic rings. The summed E-state index contributed by atoms with van der Waals surface area (Å²) in [5, 5.41) is 25.5.